The van der Waals surface area contributed by atoms with Gasteiger partial charge in [0, 0.05) is 20.1 Å². The van der Waals surface area contributed by atoms with Crippen molar-refractivity contribution in [2.24, 2.45) is 0 Å². The molecule has 2 amide bonds. The molecule has 1 aromatic rings. The molecule has 88 valence electrons. The number of carbonyl (C=O) groups excluding carboxylic acids is 1. The molecule has 4 nitrogen and oxygen atoms in total. The van der Waals surface area contributed by atoms with Gasteiger partial charge in [-0.25, -0.2) is 4.79 Å². The van der Waals surface area contributed by atoms with Crippen LogP contribution in [0.1, 0.15) is 12.5 Å². The van der Waals surface area contributed by atoms with Gasteiger partial charge >= 0.3 is 6.03 Å². The van der Waals surface area contributed by atoms with E-state index in [1.165, 1.54) is 0 Å². The molecule has 0 spiro atoms. The maximum atomic E-state index is 11.4. The first kappa shape index (κ1) is 12.4. The topological polar surface area (TPSA) is 52.6 Å². The fraction of sp³-hybridized carbons (Fsp3) is 0.417. The van der Waals surface area contributed by atoms with Gasteiger partial charge in [0.1, 0.15) is 5.75 Å². The van der Waals surface area contributed by atoms with E-state index in [0.717, 1.165) is 12.0 Å². The molecule has 0 atom stereocenters. The molecule has 0 bridgehead atoms. The normalized spacial score (nSPS) is 9.88. The number of hydrogen-bond donors (Lipinski definition) is 2. The largest absolute Gasteiger partial charge is 0.508 e. The summed E-state index contributed by atoms with van der Waals surface area (Å²) in [6.45, 7) is 3.23. The molecule has 0 aliphatic carbocycles. The summed E-state index contributed by atoms with van der Waals surface area (Å²) in [5.41, 5.74) is 1.09. The van der Waals surface area contributed by atoms with E-state index in [4.69, 9.17) is 5.11 Å². The Kier molecular flexibility index (Phi) is 4.64. The second-order valence-corrected chi connectivity index (χ2v) is 3.66. The van der Waals surface area contributed by atoms with E-state index in [9.17, 15) is 4.79 Å². The van der Waals surface area contributed by atoms with Crippen molar-refractivity contribution < 1.29 is 9.90 Å². The minimum absolute atomic E-state index is 0.0544. The number of rotatable bonds is 4. The predicted molar refractivity (Wildman–Crippen MR) is 63.5 cm³/mol. The summed E-state index contributed by atoms with van der Waals surface area (Å²) >= 11 is 0. The Morgan fingerprint density at radius 3 is 2.56 bits per heavy atom. The van der Waals surface area contributed by atoms with Crippen LogP contribution in [0.25, 0.3) is 0 Å². The molecule has 0 saturated heterocycles. The summed E-state index contributed by atoms with van der Waals surface area (Å²) < 4.78 is 0. The average Bonchev–Trinajstić information content (AvgIpc) is 2.30. The van der Waals surface area contributed by atoms with Crippen molar-refractivity contribution in [3.05, 3.63) is 29.8 Å². The van der Waals surface area contributed by atoms with Crippen LogP contribution in [0.5, 0.6) is 5.75 Å². The quantitative estimate of drug-likeness (QED) is 0.813. The van der Waals surface area contributed by atoms with Crippen LogP contribution in [0.3, 0.4) is 0 Å². The molecule has 1 aromatic carbocycles. The summed E-state index contributed by atoms with van der Waals surface area (Å²) in [6.07, 6.45) is 0.767. The molecule has 2 N–H and O–H groups in total. The second kappa shape index (κ2) is 6.00. The molecule has 1 rings (SSSR count). The van der Waals surface area contributed by atoms with Gasteiger partial charge in [0.15, 0.2) is 0 Å². The van der Waals surface area contributed by atoms with E-state index >= 15 is 0 Å². The number of aromatic hydroxyl groups is 1. The molecule has 0 radical (unpaired) electrons. The second-order valence-electron chi connectivity index (χ2n) is 3.66. The molecule has 16 heavy (non-hydrogen) atoms. The van der Waals surface area contributed by atoms with Gasteiger partial charge in [0.25, 0.3) is 0 Å². The van der Waals surface area contributed by atoms with Crippen molar-refractivity contribution >= 4 is 6.03 Å². The van der Waals surface area contributed by atoms with Gasteiger partial charge in [-0.1, -0.05) is 12.1 Å². The van der Waals surface area contributed by atoms with Gasteiger partial charge < -0.3 is 15.3 Å². The van der Waals surface area contributed by atoms with Crippen LogP contribution in [-0.2, 0) is 6.42 Å². The van der Waals surface area contributed by atoms with Crippen LogP contribution >= 0.6 is 0 Å². The monoisotopic (exact) mass is 222 g/mol. The van der Waals surface area contributed by atoms with Crippen molar-refractivity contribution in [2.75, 3.05) is 20.1 Å². The Balaban J connectivity index is 2.30. The fourth-order valence-corrected chi connectivity index (χ4v) is 1.25. The third-order valence-electron chi connectivity index (χ3n) is 2.45. The van der Waals surface area contributed by atoms with Gasteiger partial charge in [-0.2, -0.15) is 0 Å². The van der Waals surface area contributed by atoms with Gasteiger partial charge in [0.2, 0.25) is 0 Å². The first-order valence-corrected chi connectivity index (χ1v) is 5.40. The Labute approximate surface area is 95.9 Å². The molecule has 0 aliphatic rings. The number of urea groups is 1. The highest BCUT2D eigenvalue weighted by molar-refractivity contribution is 5.73. The summed E-state index contributed by atoms with van der Waals surface area (Å²) in [5.74, 6) is 0.263. The number of nitrogens with zero attached hydrogens (tertiary/aromatic N) is 1. The number of carbonyl (C=O) groups is 1. The zero-order valence-corrected chi connectivity index (χ0v) is 9.73. The predicted octanol–water partition coefficient (Wildman–Crippen LogP) is 1.60. The fourth-order valence-electron chi connectivity index (χ4n) is 1.25. The molecule has 0 unspecified atom stereocenters. The zero-order valence-electron chi connectivity index (χ0n) is 9.73. The van der Waals surface area contributed by atoms with Crippen molar-refractivity contribution in [2.45, 2.75) is 13.3 Å². The van der Waals surface area contributed by atoms with Crippen LogP contribution in [0.2, 0.25) is 0 Å². The maximum absolute atomic E-state index is 11.4. The van der Waals surface area contributed by atoms with Crippen LogP contribution in [0.15, 0.2) is 24.3 Å². The van der Waals surface area contributed by atoms with E-state index in [1.807, 2.05) is 19.1 Å². The van der Waals surface area contributed by atoms with Gasteiger partial charge in [-0.15, -0.1) is 0 Å². The average molecular weight is 222 g/mol. The summed E-state index contributed by atoms with van der Waals surface area (Å²) in [7, 11) is 1.76. The number of phenolic OH excluding ortho intramolecular Hbond substituents is 1. The Morgan fingerprint density at radius 2 is 2.00 bits per heavy atom. The number of phenols is 1. The molecule has 0 heterocycles. The van der Waals surface area contributed by atoms with E-state index in [0.29, 0.717) is 13.1 Å². The summed E-state index contributed by atoms with van der Waals surface area (Å²) in [5, 5.41) is 11.9. The van der Waals surface area contributed by atoms with E-state index in [-0.39, 0.29) is 11.8 Å². The summed E-state index contributed by atoms with van der Waals surface area (Å²) in [4.78, 5) is 13.0. The van der Waals surface area contributed by atoms with Crippen LogP contribution in [0.4, 0.5) is 4.79 Å². The van der Waals surface area contributed by atoms with Gasteiger partial charge in [-0.05, 0) is 31.0 Å². The van der Waals surface area contributed by atoms with E-state index in [1.54, 1.807) is 24.1 Å². The van der Waals surface area contributed by atoms with Crippen molar-refractivity contribution in [3.8, 4) is 5.75 Å². The molecule has 0 aromatic heterocycles. The Morgan fingerprint density at radius 1 is 1.38 bits per heavy atom. The maximum Gasteiger partial charge on any atom is 0.317 e. The molecular formula is C12H18N2O2. The van der Waals surface area contributed by atoms with E-state index < -0.39 is 0 Å². The Hall–Kier alpha value is -1.71. The number of nitrogens with one attached hydrogen (secondary N) is 1. The first-order valence-electron chi connectivity index (χ1n) is 5.40. The highest BCUT2D eigenvalue weighted by atomic mass is 16.3. The Bertz CT molecular complexity index is 335. The lowest BCUT2D eigenvalue weighted by molar-refractivity contribution is 0.211. The minimum atomic E-state index is -0.0544. The molecular weight excluding hydrogens is 204 g/mol. The van der Waals surface area contributed by atoms with Gasteiger partial charge in [-0.3, -0.25) is 0 Å². The van der Waals surface area contributed by atoms with Crippen LogP contribution < -0.4 is 5.32 Å². The van der Waals surface area contributed by atoms with Crippen LogP contribution in [-0.4, -0.2) is 36.2 Å². The zero-order chi connectivity index (χ0) is 12.0. The number of benzene rings is 1. The number of amides is 2. The molecule has 0 saturated carbocycles. The molecule has 4 heteroatoms. The molecule has 0 fully saturated rings. The third-order valence-corrected chi connectivity index (χ3v) is 2.45. The highest BCUT2D eigenvalue weighted by Crippen LogP contribution is 2.09. The SMILES string of the molecule is CCN(C)C(=O)NCCc1ccc(O)cc1. The van der Waals surface area contributed by atoms with Crippen molar-refractivity contribution in [1.82, 2.24) is 10.2 Å². The lowest BCUT2D eigenvalue weighted by atomic mass is 10.1. The highest BCUT2D eigenvalue weighted by Gasteiger charge is 2.04. The van der Waals surface area contributed by atoms with Crippen molar-refractivity contribution in [1.29, 1.82) is 0 Å². The number of hydrogen-bond acceptors (Lipinski definition) is 2. The van der Waals surface area contributed by atoms with Crippen LogP contribution in [0, 0.1) is 0 Å². The summed E-state index contributed by atoms with van der Waals surface area (Å²) in [6, 6.07) is 6.95. The third kappa shape index (κ3) is 3.81. The standard InChI is InChI=1S/C12H18N2O2/c1-3-14(2)12(16)13-9-8-10-4-6-11(15)7-5-10/h4-7,15H,3,8-9H2,1-2H3,(H,13,16). The van der Waals surface area contributed by atoms with Crippen molar-refractivity contribution in [3.63, 3.8) is 0 Å². The smallest absolute Gasteiger partial charge is 0.317 e. The van der Waals surface area contributed by atoms with Gasteiger partial charge in [0.05, 0.1) is 0 Å². The first-order chi connectivity index (χ1) is 7.63. The molecule has 0 aliphatic heterocycles. The lowest BCUT2D eigenvalue weighted by Gasteiger charge is -2.15. The van der Waals surface area contributed by atoms with E-state index in [2.05, 4.69) is 5.32 Å². The minimum Gasteiger partial charge on any atom is -0.508 e. The lowest BCUT2D eigenvalue weighted by Crippen LogP contribution is -2.37.